The highest BCUT2D eigenvalue weighted by atomic mass is 16.1. The number of carbonyl (C=O) groups excluding carboxylic acids is 1. The highest BCUT2D eigenvalue weighted by Gasteiger charge is 2.06. The molecule has 8 nitrogen and oxygen atoms in total. The van der Waals surface area contributed by atoms with Gasteiger partial charge in [0.2, 0.25) is 5.91 Å². The van der Waals surface area contributed by atoms with Crippen molar-refractivity contribution in [2.24, 2.45) is 0 Å². The molecule has 3 aromatic heterocycles. The Morgan fingerprint density at radius 3 is 2.97 bits per heavy atom. The second-order valence-electron chi connectivity index (χ2n) is 7.01. The van der Waals surface area contributed by atoms with Gasteiger partial charge in [0, 0.05) is 38.0 Å². The van der Waals surface area contributed by atoms with Crippen LogP contribution in [0.1, 0.15) is 24.1 Å². The van der Waals surface area contributed by atoms with Crippen molar-refractivity contribution in [3.63, 3.8) is 0 Å². The second kappa shape index (κ2) is 8.22. The molecule has 0 unspecified atom stereocenters. The second-order valence-corrected chi connectivity index (χ2v) is 7.01. The molecule has 0 saturated heterocycles. The Balaban J connectivity index is 1.25. The zero-order valence-electron chi connectivity index (χ0n) is 16.2. The highest BCUT2D eigenvalue weighted by Crippen LogP contribution is 2.07. The van der Waals surface area contributed by atoms with Crippen molar-refractivity contribution >= 4 is 22.5 Å². The molecule has 3 heterocycles. The summed E-state index contributed by atoms with van der Waals surface area (Å²) < 4.78 is 3.26. The monoisotopic (exact) mass is 390 g/mol. The number of fused-ring (bicyclic) bond motifs is 2. The van der Waals surface area contributed by atoms with Crippen molar-refractivity contribution in [1.82, 2.24) is 29.5 Å². The van der Waals surface area contributed by atoms with E-state index < -0.39 is 0 Å². The summed E-state index contributed by atoms with van der Waals surface area (Å²) in [5.74, 6) is -0.0821. The molecular weight excluding hydrogens is 368 g/mol. The van der Waals surface area contributed by atoms with Gasteiger partial charge in [0.1, 0.15) is 0 Å². The zero-order valence-corrected chi connectivity index (χ0v) is 16.2. The van der Waals surface area contributed by atoms with Gasteiger partial charge in [0.05, 0.1) is 22.9 Å². The van der Waals surface area contributed by atoms with Crippen molar-refractivity contribution in [1.29, 1.82) is 0 Å². The molecule has 0 radical (unpaired) electrons. The minimum Gasteiger partial charge on any atom is -0.356 e. The number of nitrogens with one attached hydrogen (secondary N) is 1. The van der Waals surface area contributed by atoms with E-state index in [2.05, 4.69) is 20.4 Å². The van der Waals surface area contributed by atoms with E-state index in [0.717, 1.165) is 29.7 Å². The van der Waals surface area contributed by atoms with Gasteiger partial charge in [0.15, 0.2) is 5.65 Å². The lowest BCUT2D eigenvalue weighted by Crippen LogP contribution is -2.28. The largest absolute Gasteiger partial charge is 0.356 e. The molecule has 0 atom stereocenters. The molecule has 0 aliphatic heterocycles. The van der Waals surface area contributed by atoms with Gasteiger partial charge in [0.25, 0.3) is 5.56 Å². The lowest BCUT2D eigenvalue weighted by Gasteiger charge is -2.08. The smallest absolute Gasteiger partial charge is 0.261 e. The first-order chi connectivity index (χ1) is 14.1. The molecule has 148 valence electrons. The first-order valence-electron chi connectivity index (χ1n) is 9.62. The fourth-order valence-corrected chi connectivity index (χ4v) is 3.26. The van der Waals surface area contributed by atoms with Crippen LogP contribution in [0.2, 0.25) is 0 Å². The average molecular weight is 390 g/mol. The predicted octanol–water partition coefficient (Wildman–Crippen LogP) is 1.89. The summed E-state index contributed by atoms with van der Waals surface area (Å²) in [5.41, 5.74) is 3.38. The molecule has 0 bridgehead atoms. The Labute approximate surface area is 167 Å². The maximum Gasteiger partial charge on any atom is 0.261 e. The molecule has 0 aliphatic carbocycles. The van der Waals surface area contributed by atoms with Gasteiger partial charge in [-0.05, 0) is 37.5 Å². The number of rotatable bonds is 7. The van der Waals surface area contributed by atoms with Crippen LogP contribution >= 0.6 is 0 Å². The Hall–Kier alpha value is -3.55. The average Bonchev–Trinajstić information content (AvgIpc) is 3.10. The van der Waals surface area contributed by atoms with Gasteiger partial charge < -0.3 is 5.32 Å². The zero-order chi connectivity index (χ0) is 20.2. The van der Waals surface area contributed by atoms with E-state index in [1.807, 2.05) is 37.5 Å². The third-order valence-corrected chi connectivity index (χ3v) is 4.76. The van der Waals surface area contributed by atoms with E-state index in [1.54, 1.807) is 16.6 Å². The van der Waals surface area contributed by atoms with Crippen molar-refractivity contribution in [2.45, 2.75) is 32.7 Å². The number of carbonyl (C=O) groups is 1. The van der Waals surface area contributed by atoms with Crippen LogP contribution in [0.4, 0.5) is 0 Å². The van der Waals surface area contributed by atoms with E-state index in [1.165, 1.54) is 10.9 Å². The summed E-state index contributed by atoms with van der Waals surface area (Å²) in [6.45, 7) is 2.81. The van der Waals surface area contributed by atoms with Crippen molar-refractivity contribution in [3.8, 4) is 0 Å². The van der Waals surface area contributed by atoms with Crippen molar-refractivity contribution in [3.05, 3.63) is 70.7 Å². The van der Waals surface area contributed by atoms with Crippen LogP contribution in [0.25, 0.3) is 16.6 Å². The number of hydrogen-bond donors (Lipinski definition) is 1. The summed E-state index contributed by atoms with van der Waals surface area (Å²) in [6, 6.07) is 9.13. The van der Waals surface area contributed by atoms with Gasteiger partial charge in [-0.2, -0.15) is 5.10 Å². The molecule has 1 amide bonds. The number of aromatic nitrogens is 5. The van der Waals surface area contributed by atoms with E-state index >= 15 is 0 Å². The maximum absolute atomic E-state index is 12.4. The van der Waals surface area contributed by atoms with E-state index in [-0.39, 0.29) is 17.9 Å². The molecule has 4 aromatic rings. The number of hydrogen-bond acceptors (Lipinski definition) is 5. The van der Waals surface area contributed by atoms with Crippen LogP contribution in [-0.2, 0) is 17.8 Å². The fourth-order valence-electron chi connectivity index (χ4n) is 3.26. The quantitative estimate of drug-likeness (QED) is 0.486. The normalized spacial score (nSPS) is 11.2. The number of amides is 1. The SMILES string of the molecule is Cc1cc2ncc(CCCNC(=O)CCn3cnc4ccccc4c3=O)cn2n1. The maximum atomic E-state index is 12.4. The Morgan fingerprint density at radius 1 is 1.21 bits per heavy atom. The number of nitrogens with zero attached hydrogens (tertiary/aromatic N) is 5. The molecule has 1 N–H and O–H groups in total. The molecule has 0 saturated carbocycles. The van der Waals surface area contributed by atoms with Gasteiger partial charge in [-0.1, -0.05) is 12.1 Å². The Kier molecular flexibility index (Phi) is 5.33. The third kappa shape index (κ3) is 4.31. The fraction of sp³-hybridized carbons (Fsp3) is 0.286. The molecule has 0 fully saturated rings. The van der Waals surface area contributed by atoms with Crippen LogP contribution in [0.5, 0.6) is 0 Å². The van der Waals surface area contributed by atoms with Gasteiger partial charge >= 0.3 is 0 Å². The molecule has 1 aromatic carbocycles. The van der Waals surface area contributed by atoms with E-state index in [9.17, 15) is 9.59 Å². The predicted molar refractivity (Wildman–Crippen MR) is 110 cm³/mol. The standard InChI is InChI=1S/C21H22N6O2/c1-15-11-19-23-12-16(13-27(19)25-15)5-4-9-22-20(28)8-10-26-14-24-18-7-3-2-6-17(18)21(26)29/h2-3,6-7,11-14H,4-5,8-10H2,1H3,(H,22,28). The van der Waals surface area contributed by atoms with Crippen molar-refractivity contribution < 1.29 is 4.79 Å². The Bertz CT molecular complexity index is 1230. The lowest BCUT2D eigenvalue weighted by molar-refractivity contribution is -0.121. The highest BCUT2D eigenvalue weighted by molar-refractivity contribution is 5.77. The van der Waals surface area contributed by atoms with Crippen molar-refractivity contribution in [2.75, 3.05) is 6.54 Å². The van der Waals surface area contributed by atoms with Gasteiger partial charge in [-0.3, -0.25) is 14.2 Å². The lowest BCUT2D eigenvalue weighted by atomic mass is 10.2. The summed E-state index contributed by atoms with van der Waals surface area (Å²) in [7, 11) is 0. The van der Waals surface area contributed by atoms with Gasteiger partial charge in [-0.15, -0.1) is 0 Å². The Morgan fingerprint density at radius 2 is 2.07 bits per heavy atom. The third-order valence-electron chi connectivity index (χ3n) is 4.76. The van der Waals surface area contributed by atoms with E-state index in [0.29, 0.717) is 24.0 Å². The molecule has 29 heavy (non-hydrogen) atoms. The number of para-hydroxylation sites is 1. The molecular formula is C21H22N6O2. The van der Waals surface area contributed by atoms with Crippen LogP contribution in [0, 0.1) is 6.92 Å². The topological polar surface area (TPSA) is 94.2 Å². The first kappa shape index (κ1) is 18.8. The molecule has 8 heteroatoms. The van der Waals surface area contributed by atoms with Crippen LogP contribution in [0.3, 0.4) is 0 Å². The summed E-state index contributed by atoms with van der Waals surface area (Å²) in [4.78, 5) is 33.2. The van der Waals surface area contributed by atoms with E-state index in [4.69, 9.17) is 0 Å². The number of benzene rings is 1. The summed E-state index contributed by atoms with van der Waals surface area (Å²) in [6.07, 6.45) is 7.15. The molecule has 4 rings (SSSR count). The minimum atomic E-state index is -0.125. The summed E-state index contributed by atoms with van der Waals surface area (Å²) >= 11 is 0. The van der Waals surface area contributed by atoms with Crippen LogP contribution < -0.4 is 10.9 Å². The number of aryl methyl sites for hydroxylation is 3. The van der Waals surface area contributed by atoms with Gasteiger partial charge in [-0.25, -0.2) is 14.5 Å². The van der Waals surface area contributed by atoms with Crippen LogP contribution in [0.15, 0.2) is 53.8 Å². The molecule has 0 aliphatic rings. The first-order valence-corrected chi connectivity index (χ1v) is 9.62. The van der Waals surface area contributed by atoms with Crippen LogP contribution in [-0.4, -0.2) is 36.6 Å². The summed E-state index contributed by atoms with van der Waals surface area (Å²) in [5, 5.41) is 7.83. The molecule has 0 spiro atoms. The minimum absolute atomic E-state index is 0.0821.